The van der Waals surface area contributed by atoms with Crippen LogP contribution >= 0.6 is 0 Å². The number of hydrogen-bond donors (Lipinski definition) is 1. The lowest BCUT2D eigenvalue weighted by Crippen LogP contribution is -2.07. The Morgan fingerprint density at radius 3 is 2.70 bits per heavy atom. The highest BCUT2D eigenvalue weighted by molar-refractivity contribution is 5.76. The summed E-state index contributed by atoms with van der Waals surface area (Å²) in [5.41, 5.74) is 8.92. The van der Waals surface area contributed by atoms with Gasteiger partial charge < -0.3 is 10.3 Å². The molecule has 0 radical (unpaired) electrons. The zero-order valence-electron chi connectivity index (χ0n) is 11.6. The number of nitrogen functional groups attached to an aromatic ring is 1. The van der Waals surface area contributed by atoms with Crippen molar-refractivity contribution in [1.82, 2.24) is 14.5 Å². The van der Waals surface area contributed by atoms with Crippen molar-refractivity contribution in [2.45, 2.75) is 26.3 Å². The number of aryl methyl sites for hydroxylation is 1. The van der Waals surface area contributed by atoms with Gasteiger partial charge in [-0.3, -0.25) is 0 Å². The Kier molecular flexibility index (Phi) is 3.37. The molecule has 0 aliphatic heterocycles. The minimum absolute atomic E-state index is 0.559. The molecule has 0 saturated heterocycles. The maximum absolute atomic E-state index is 5.76. The van der Waals surface area contributed by atoms with Crippen LogP contribution < -0.4 is 5.73 Å². The van der Waals surface area contributed by atoms with Crippen molar-refractivity contribution in [3.8, 4) is 0 Å². The zero-order chi connectivity index (χ0) is 13.9. The SMILES string of the molecule is CCCc1nc2ccccc2n1Cc1cccc(N)n1. The van der Waals surface area contributed by atoms with E-state index in [2.05, 4.69) is 28.6 Å². The molecule has 2 aromatic heterocycles. The predicted molar refractivity (Wildman–Crippen MR) is 81.5 cm³/mol. The first-order valence-corrected chi connectivity index (χ1v) is 6.93. The molecule has 3 aromatic rings. The Bertz CT molecular complexity index is 730. The molecule has 0 unspecified atom stereocenters. The molecule has 1 aromatic carbocycles. The van der Waals surface area contributed by atoms with E-state index in [0.717, 1.165) is 35.4 Å². The highest BCUT2D eigenvalue weighted by Gasteiger charge is 2.10. The normalized spacial score (nSPS) is 11.1. The first-order chi connectivity index (χ1) is 9.78. The number of para-hydroxylation sites is 2. The molecule has 3 rings (SSSR count). The van der Waals surface area contributed by atoms with E-state index in [-0.39, 0.29) is 0 Å². The Balaban J connectivity index is 2.06. The van der Waals surface area contributed by atoms with E-state index >= 15 is 0 Å². The summed E-state index contributed by atoms with van der Waals surface area (Å²) in [5.74, 6) is 1.67. The van der Waals surface area contributed by atoms with E-state index in [1.807, 2.05) is 30.3 Å². The average molecular weight is 266 g/mol. The minimum Gasteiger partial charge on any atom is -0.384 e. The molecular formula is C16H18N4. The molecule has 2 heterocycles. The van der Waals surface area contributed by atoms with E-state index in [1.165, 1.54) is 0 Å². The Morgan fingerprint density at radius 1 is 1.05 bits per heavy atom. The summed E-state index contributed by atoms with van der Waals surface area (Å²) in [7, 11) is 0. The van der Waals surface area contributed by atoms with Gasteiger partial charge in [-0.2, -0.15) is 0 Å². The van der Waals surface area contributed by atoms with Gasteiger partial charge in [0.15, 0.2) is 0 Å². The van der Waals surface area contributed by atoms with Crippen molar-refractivity contribution in [3.05, 3.63) is 54.0 Å². The third kappa shape index (κ3) is 2.37. The van der Waals surface area contributed by atoms with Gasteiger partial charge in [0.1, 0.15) is 11.6 Å². The van der Waals surface area contributed by atoms with Crippen molar-refractivity contribution in [2.75, 3.05) is 5.73 Å². The molecule has 2 N–H and O–H groups in total. The number of hydrogen-bond acceptors (Lipinski definition) is 3. The maximum atomic E-state index is 5.76. The van der Waals surface area contributed by atoms with Gasteiger partial charge in [-0.15, -0.1) is 0 Å². The van der Waals surface area contributed by atoms with Crippen LogP contribution in [0.4, 0.5) is 5.82 Å². The fourth-order valence-electron chi connectivity index (χ4n) is 2.46. The molecule has 0 amide bonds. The number of rotatable bonds is 4. The van der Waals surface area contributed by atoms with Crippen LogP contribution in [0.2, 0.25) is 0 Å². The second-order valence-electron chi connectivity index (χ2n) is 4.91. The van der Waals surface area contributed by atoms with Crippen LogP contribution in [0.15, 0.2) is 42.5 Å². The lowest BCUT2D eigenvalue weighted by Gasteiger charge is -2.08. The van der Waals surface area contributed by atoms with E-state index in [0.29, 0.717) is 12.4 Å². The summed E-state index contributed by atoms with van der Waals surface area (Å²) < 4.78 is 2.24. The molecule has 0 aliphatic rings. The lowest BCUT2D eigenvalue weighted by molar-refractivity contribution is 0.710. The number of fused-ring (bicyclic) bond motifs is 1. The fraction of sp³-hybridized carbons (Fsp3) is 0.250. The third-order valence-electron chi connectivity index (χ3n) is 3.36. The smallest absolute Gasteiger partial charge is 0.123 e. The highest BCUT2D eigenvalue weighted by Crippen LogP contribution is 2.18. The molecule has 102 valence electrons. The standard InChI is InChI=1S/C16H18N4/c1-2-6-16-19-13-8-3-4-9-14(13)20(16)11-12-7-5-10-15(17)18-12/h3-5,7-10H,2,6,11H2,1H3,(H2,17,18). The number of benzene rings is 1. The van der Waals surface area contributed by atoms with Crippen LogP contribution in [0, 0.1) is 0 Å². The fourth-order valence-corrected chi connectivity index (χ4v) is 2.46. The molecule has 4 nitrogen and oxygen atoms in total. The van der Waals surface area contributed by atoms with E-state index in [9.17, 15) is 0 Å². The van der Waals surface area contributed by atoms with E-state index in [4.69, 9.17) is 10.7 Å². The number of pyridine rings is 1. The Hall–Kier alpha value is -2.36. The van der Waals surface area contributed by atoms with Crippen LogP contribution in [0.5, 0.6) is 0 Å². The molecule has 0 fully saturated rings. The monoisotopic (exact) mass is 266 g/mol. The summed E-state index contributed by atoms with van der Waals surface area (Å²) in [6, 6.07) is 14.0. The minimum atomic E-state index is 0.559. The van der Waals surface area contributed by atoms with Gasteiger partial charge in [0.05, 0.1) is 23.3 Å². The molecule has 0 aliphatic carbocycles. The lowest BCUT2D eigenvalue weighted by atomic mass is 10.3. The van der Waals surface area contributed by atoms with Gasteiger partial charge in [-0.25, -0.2) is 9.97 Å². The first kappa shape index (κ1) is 12.7. The van der Waals surface area contributed by atoms with Gasteiger partial charge in [-0.05, 0) is 30.7 Å². The van der Waals surface area contributed by atoms with Crippen molar-refractivity contribution < 1.29 is 0 Å². The number of nitrogens with zero attached hydrogens (tertiary/aromatic N) is 3. The van der Waals surface area contributed by atoms with Crippen LogP contribution in [0.1, 0.15) is 24.9 Å². The summed E-state index contributed by atoms with van der Waals surface area (Å²) in [6.45, 7) is 2.88. The van der Waals surface area contributed by atoms with Crippen molar-refractivity contribution >= 4 is 16.9 Å². The molecule has 0 bridgehead atoms. The van der Waals surface area contributed by atoms with Gasteiger partial charge in [0.25, 0.3) is 0 Å². The van der Waals surface area contributed by atoms with Crippen LogP contribution in [0.25, 0.3) is 11.0 Å². The van der Waals surface area contributed by atoms with Crippen molar-refractivity contribution in [2.24, 2.45) is 0 Å². The molecule has 0 saturated carbocycles. The second-order valence-corrected chi connectivity index (χ2v) is 4.91. The van der Waals surface area contributed by atoms with Crippen LogP contribution in [0.3, 0.4) is 0 Å². The van der Waals surface area contributed by atoms with Gasteiger partial charge in [-0.1, -0.05) is 25.1 Å². The third-order valence-corrected chi connectivity index (χ3v) is 3.36. The van der Waals surface area contributed by atoms with Gasteiger partial charge >= 0.3 is 0 Å². The second kappa shape index (κ2) is 5.33. The summed E-state index contributed by atoms with van der Waals surface area (Å²) in [5, 5.41) is 0. The maximum Gasteiger partial charge on any atom is 0.123 e. The average Bonchev–Trinajstić information content (AvgIpc) is 2.78. The van der Waals surface area contributed by atoms with E-state index < -0.39 is 0 Å². The number of aromatic nitrogens is 3. The molecule has 0 atom stereocenters. The molecular weight excluding hydrogens is 248 g/mol. The predicted octanol–water partition coefficient (Wildman–Crippen LogP) is 3.01. The van der Waals surface area contributed by atoms with Crippen molar-refractivity contribution in [1.29, 1.82) is 0 Å². The highest BCUT2D eigenvalue weighted by atomic mass is 15.1. The van der Waals surface area contributed by atoms with E-state index in [1.54, 1.807) is 0 Å². The number of nitrogens with two attached hydrogens (primary N) is 1. The van der Waals surface area contributed by atoms with Crippen molar-refractivity contribution in [3.63, 3.8) is 0 Å². The summed E-state index contributed by atoms with van der Waals surface area (Å²) in [4.78, 5) is 9.11. The molecule has 0 spiro atoms. The molecule has 20 heavy (non-hydrogen) atoms. The van der Waals surface area contributed by atoms with Gasteiger partial charge in [0.2, 0.25) is 0 Å². The quantitative estimate of drug-likeness (QED) is 0.789. The zero-order valence-corrected chi connectivity index (χ0v) is 11.6. The Labute approximate surface area is 118 Å². The first-order valence-electron chi connectivity index (χ1n) is 6.93. The molecule has 4 heteroatoms. The summed E-state index contributed by atoms with van der Waals surface area (Å²) >= 11 is 0. The van der Waals surface area contributed by atoms with Crippen LogP contribution in [-0.4, -0.2) is 14.5 Å². The summed E-state index contributed by atoms with van der Waals surface area (Å²) in [6.07, 6.45) is 2.05. The Morgan fingerprint density at radius 2 is 1.90 bits per heavy atom. The van der Waals surface area contributed by atoms with Crippen LogP contribution in [-0.2, 0) is 13.0 Å². The number of imidazole rings is 1. The van der Waals surface area contributed by atoms with Gasteiger partial charge in [0, 0.05) is 6.42 Å². The largest absolute Gasteiger partial charge is 0.384 e. The number of anilines is 1. The topological polar surface area (TPSA) is 56.7 Å².